The van der Waals surface area contributed by atoms with Gasteiger partial charge in [0.05, 0.1) is 5.52 Å². The molecule has 5 heteroatoms. The zero-order chi connectivity index (χ0) is 18.4. The molecule has 0 unspecified atom stereocenters. The summed E-state index contributed by atoms with van der Waals surface area (Å²) in [5.41, 5.74) is 0.330. The van der Waals surface area contributed by atoms with Crippen LogP contribution < -0.4 is 10.6 Å². The van der Waals surface area contributed by atoms with E-state index in [1.165, 1.54) is 0 Å². The smallest absolute Gasteiger partial charge is 0.270 e. The van der Waals surface area contributed by atoms with Crippen LogP contribution in [-0.2, 0) is 4.79 Å². The van der Waals surface area contributed by atoms with Crippen LogP contribution in [0.3, 0.4) is 0 Å². The standard InChI is InChI=1S/C21H27N3O2/c1-2-3-15-22-20(26)21(13-7-4-8-14-21)24-19(25)18-12-11-16-9-5-6-10-17(16)23-18/h5-6,9-12H,2-4,7-8,13-15H2,1H3,(H,22,26)(H,24,25). The quantitative estimate of drug-likeness (QED) is 0.780. The van der Waals surface area contributed by atoms with Gasteiger partial charge in [-0.1, -0.05) is 56.9 Å². The maximum absolute atomic E-state index is 12.8. The molecule has 1 aliphatic rings. The minimum atomic E-state index is -0.809. The van der Waals surface area contributed by atoms with Gasteiger partial charge in [-0.3, -0.25) is 9.59 Å². The molecule has 0 spiro atoms. The number of amides is 2. The molecule has 0 radical (unpaired) electrons. The zero-order valence-electron chi connectivity index (χ0n) is 15.4. The summed E-state index contributed by atoms with van der Waals surface area (Å²) in [5.74, 6) is -0.330. The molecule has 2 amide bonds. The molecule has 1 aromatic heterocycles. The van der Waals surface area contributed by atoms with Crippen LogP contribution >= 0.6 is 0 Å². The number of aromatic nitrogens is 1. The van der Waals surface area contributed by atoms with Crippen LogP contribution in [-0.4, -0.2) is 28.9 Å². The summed E-state index contributed by atoms with van der Waals surface area (Å²) in [6.07, 6.45) is 6.35. The highest BCUT2D eigenvalue weighted by molar-refractivity contribution is 5.99. The fourth-order valence-corrected chi connectivity index (χ4v) is 3.59. The summed E-state index contributed by atoms with van der Waals surface area (Å²) < 4.78 is 0. The minimum absolute atomic E-state index is 0.0558. The maximum Gasteiger partial charge on any atom is 0.270 e. The molecule has 0 bridgehead atoms. The fraction of sp³-hybridized carbons (Fsp3) is 0.476. The molecule has 3 rings (SSSR count). The molecule has 1 aliphatic carbocycles. The largest absolute Gasteiger partial charge is 0.354 e. The topological polar surface area (TPSA) is 71.1 Å². The Hall–Kier alpha value is -2.43. The number of unbranched alkanes of at least 4 members (excludes halogenated alkanes) is 1. The number of carbonyl (C=O) groups is 2. The predicted octanol–water partition coefficient (Wildman–Crippen LogP) is 3.58. The summed E-state index contributed by atoms with van der Waals surface area (Å²) in [5, 5.41) is 7.03. The van der Waals surface area contributed by atoms with Crippen molar-refractivity contribution in [2.45, 2.75) is 57.4 Å². The molecule has 0 atom stereocenters. The van der Waals surface area contributed by atoms with Gasteiger partial charge in [-0.25, -0.2) is 4.98 Å². The van der Waals surface area contributed by atoms with Crippen molar-refractivity contribution in [3.63, 3.8) is 0 Å². The van der Waals surface area contributed by atoms with Gasteiger partial charge in [-0.15, -0.1) is 0 Å². The zero-order valence-corrected chi connectivity index (χ0v) is 15.4. The van der Waals surface area contributed by atoms with Crippen molar-refractivity contribution in [3.05, 3.63) is 42.1 Å². The van der Waals surface area contributed by atoms with Crippen LogP contribution in [0, 0.1) is 0 Å². The van der Waals surface area contributed by atoms with Crippen molar-refractivity contribution in [1.29, 1.82) is 0 Å². The second kappa shape index (κ2) is 8.30. The fourth-order valence-electron chi connectivity index (χ4n) is 3.59. The normalized spacial score (nSPS) is 16.2. The van der Waals surface area contributed by atoms with Crippen molar-refractivity contribution in [2.24, 2.45) is 0 Å². The number of pyridine rings is 1. The first-order chi connectivity index (χ1) is 12.6. The molecule has 5 nitrogen and oxygen atoms in total. The highest BCUT2D eigenvalue weighted by Gasteiger charge is 2.40. The van der Waals surface area contributed by atoms with Gasteiger partial charge in [0.1, 0.15) is 11.2 Å². The Morgan fingerprint density at radius 3 is 2.62 bits per heavy atom. The van der Waals surface area contributed by atoms with E-state index < -0.39 is 5.54 Å². The summed E-state index contributed by atoms with van der Waals surface area (Å²) in [6.45, 7) is 2.75. The molecule has 2 aromatic rings. The van der Waals surface area contributed by atoms with E-state index in [1.807, 2.05) is 30.3 Å². The van der Waals surface area contributed by atoms with Gasteiger partial charge in [0, 0.05) is 11.9 Å². The number of fused-ring (bicyclic) bond motifs is 1. The first-order valence-corrected chi connectivity index (χ1v) is 9.61. The lowest BCUT2D eigenvalue weighted by Gasteiger charge is -2.36. The number of hydrogen-bond acceptors (Lipinski definition) is 3. The van der Waals surface area contributed by atoms with Gasteiger partial charge < -0.3 is 10.6 Å². The molecule has 1 fully saturated rings. The maximum atomic E-state index is 12.8. The third-order valence-corrected chi connectivity index (χ3v) is 5.14. The Bertz CT molecular complexity index is 782. The second-order valence-corrected chi connectivity index (χ2v) is 7.10. The number of nitrogens with zero attached hydrogens (tertiary/aromatic N) is 1. The lowest BCUT2D eigenvalue weighted by Crippen LogP contribution is -2.59. The third kappa shape index (κ3) is 4.03. The average molecular weight is 353 g/mol. The Kier molecular flexibility index (Phi) is 5.86. The van der Waals surface area contributed by atoms with E-state index in [2.05, 4.69) is 22.5 Å². The van der Waals surface area contributed by atoms with Gasteiger partial charge in [0.25, 0.3) is 5.91 Å². The first kappa shape index (κ1) is 18.4. The van der Waals surface area contributed by atoms with Gasteiger partial charge >= 0.3 is 0 Å². The van der Waals surface area contributed by atoms with Crippen molar-refractivity contribution < 1.29 is 9.59 Å². The van der Waals surface area contributed by atoms with Crippen LogP contribution in [0.4, 0.5) is 0 Å². The van der Waals surface area contributed by atoms with Gasteiger partial charge in [-0.2, -0.15) is 0 Å². The summed E-state index contributed by atoms with van der Waals surface area (Å²) in [4.78, 5) is 30.1. The number of benzene rings is 1. The average Bonchev–Trinajstić information content (AvgIpc) is 2.68. The van der Waals surface area contributed by atoms with Crippen LogP contribution in [0.15, 0.2) is 36.4 Å². The van der Waals surface area contributed by atoms with Crippen LogP contribution in [0.5, 0.6) is 0 Å². The van der Waals surface area contributed by atoms with Crippen molar-refractivity contribution in [3.8, 4) is 0 Å². The van der Waals surface area contributed by atoms with Gasteiger partial charge in [0.15, 0.2) is 0 Å². The van der Waals surface area contributed by atoms with E-state index in [1.54, 1.807) is 6.07 Å². The van der Waals surface area contributed by atoms with Gasteiger partial charge in [-0.05, 0) is 31.4 Å². The van der Waals surface area contributed by atoms with E-state index in [9.17, 15) is 9.59 Å². The number of carbonyl (C=O) groups excluding carboxylic acids is 2. The highest BCUT2D eigenvalue weighted by atomic mass is 16.2. The number of nitrogens with one attached hydrogen (secondary N) is 2. The minimum Gasteiger partial charge on any atom is -0.354 e. The Morgan fingerprint density at radius 2 is 1.85 bits per heavy atom. The molecule has 1 aromatic carbocycles. The van der Waals surface area contributed by atoms with E-state index in [4.69, 9.17) is 0 Å². The monoisotopic (exact) mass is 353 g/mol. The number of para-hydroxylation sites is 1. The third-order valence-electron chi connectivity index (χ3n) is 5.14. The van der Waals surface area contributed by atoms with E-state index in [-0.39, 0.29) is 11.8 Å². The lowest BCUT2D eigenvalue weighted by atomic mass is 9.80. The molecule has 0 saturated heterocycles. The van der Waals surface area contributed by atoms with Gasteiger partial charge in [0.2, 0.25) is 5.91 Å². The summed E-state index contributed by atoms with van der Waals surface area (Å²) in [7, 11) is 0. The van der Waals surface area contributed by atoms with Crippen molar-refractivity contribution >= 4 is 22.7 Å². The van der Waals surface area contributed by atoms with Crippen LogP contribution in [0.1, 0.15) is 62.4 Å². The molecular formula is C21H27N3O2. The molecule has 2 N–H and O–H groups in total. The van der Waals surface area contributed by atoms with Crippen LogP contribution in [0.2, 0.25) is 0 Å². The van der Waals surface area contributed by atoms with Crippen LogP contribution in [0.25, 0.3) is 10.9 Å². The Morgan fingerprint density at radius 1 is 1.08 bits per heavy atom. The molecule has 26 heavy (non-hydrogen) atoms. The Labute approximate surface area is 154 Å². The van der Waals surface area contributed by atoms with E-state index in [0.717, 1.165) is 43.0 Å². The summed E-state index contributed by atoms with van der Waals surface area (Å²) >= 11 is 0. The molecule has 1 saturated carbocycles. The number of hydrogen-bond donors (Lipinski definition) is 2. The molecule has 138 valence electrons. The van der Waals surface area contributed by atoms with Crippen molar-refractivity contribution in [1.82, 2.24) is 15.6 Å². The predicted molar refractivity (Wildman–Crippen MR) is 103 cm³/mol. The molecular weight excluding hydrogens is 326 g/mol. The van der Waals surface area contributed by atoms with E-state index in [0.29, 0.717) is 25.1 Å². The number of rotatable bonds is 6. The highest BCUT2D eigenvalue weighted by Crippen LogP contribution is 2.29. The van der Waals surface area contributed by atoms with E-state index >= 15 is 0 Å². The van der Waals surface area contributed by atoms with Crippen molar-refractivity contribution in [2.75, 3.05) is 6.54 Å². The lowest BCUT2D eigenvalue weighted by molar-refractivity contribution is -0.128. The Balaban J connectivity index is 1.78. The molecule has 0 aliphatic heterocycles. The SMILES string of the molecule is CCCCNC(=O)C1(NC(=O)c2ccc3ccccc3n2)CCCCC1. The summed E-state index contributed by atoms with van der Waals surface area (Å²) in [6, 6.07) is 11.3. The first-order valence-electron chi connectivity index (χ1n) is 9.61. The molecule has 1 heterocycles. The second-order valence-electron chi connectivity index (χ2n) is 7.10.